The van der Waals surface area contributed by atoms with Crippen LogP contribution in [-0.4, -0.2) is 53.5 Å². The minimum atomic E-state index is -0.869. The van der Waals surface area contributed by atoms with E-state index in [1.54, 1.807) is 31.4 Å². The first kappa shape index (κ1) is 23.9. The Balaban J connectivity index is 2.13. The summed E-state index contributed by atoms with van der Waals surface area (Å²) >= 11 is 0. The Morgan fingerprint density at radius 3 is 2.61 bits per heavy atom. The average Bonchev–Trinajstić information content (AvgIpc) is 3.07. The van der Waals surface area contributed by atoms with Crippen LogP contribution in [0.2, 0.25) is 0 Å². The molecule has 2 aromatic carbocycles. The van der Waals surface area contributed by atoms with Crippen molar-refractivity contribution in [3.63, 3.8) is 0 Å². The average molecular weight is 454 g/mol. The Morgan fingerprint density at radius 1 is 1.15 bits per heavy atom. The van der Waals surface area contributed by atoms with E-state index >= 15 is 0 Å². The molecule has 0 radical (unpaired) electrons. The summed E-state index contributed by atoms with van der Waals surface area (Å²) < 4.78 is 10.8. The van der Waals surface area contributed by atoms with E-state index in [9.17, 15) is 24.8 Å². The molecule has 3 rings (SSSR count). The van der Waals surface area contributed by atoms with Gasteiger partial charge >= 0.3 is 0 Å². The second kappa shape index (κ2) is 10.7. The zero-order chi connectivity index (χ0) is 24.0. The van der Waals surface area contributed by atoms with Crippen molar-refractivity contribution < 1.29 is 29.1 Å². The first-order valence-corrected chi connectivity index (χ1v) is 10.6. The van der Waals surface area contributed by atoms with E-state index in [4.69, 9.17) is 9.47 Å². The molecule has 1 saturated heterocycles. The van der Waals surface area contributed by atoms with Crippen molar-refractivity contribution in [2.75, 3.05) is 26.9 Å². The minimum Gasteiger partial charge on any atom is -0.507 e. The first-order valence-electron chi connectivity index (χ1n) is 10.6. The van der Waals surface area contributed by atoms with Crippen molar-refractivity contribution in [1.82, 2.24) is 4.90 Å². The van der Waals surface area contributed by atoms with Crippen LogP contribution >= 0.6 is 0 Å². The van der Waals surface area contributed by atoms with Gasteiger partial charge in [-0.25, -0.2) is 0 Å². The maximum Gasteiger partial charge on any atom is 0.295 e. The highest BCUT2D eigenvalue weighted by Crippen LogP contribution is 2.40. The van der Waals surface area contributed by atoms with Gasteiger partial charge in [-0.2, -0.15) is 0 Å². The standard InChI is InChI=1S/C24H26N2O7/c1-3-12-33-19-10-5-7-16(15-19)21-20(23(28)24(29)25(21)11-6-13-32-2)22(27)17-8-4-9-18(14-17)26(30)31/h4-5,7-10,14-15,21,27H,3,6,11-13H2,1-2H3/b22-20-. The second-order valence-electron chi connectivity index (χ2n) is 7.57. The van der Waals surface area contributed by atoms with Gasteiger partial charge in [-0.3, -0.25) is 19.7 Å². The largest absolute Gasteiger partial charge is 0.507 e. The number of nitro benzene ring substituents is 1. The number of non-ortho nitro benzene ring substituents is 1. The quantitative estimate of drug-likeness (QED) is 0.145. The number of carbonyl (C=O) groups excluding carboxylic acids is 2. The van der Waals surface area contributed by atoms with Crippen LogP contribution in [0.15, 0.2) is 54.1 Å². The van der Waals surface area contributed by atoms with Gasteiger partial charge in [0.2, 0.25) is 0 Å². The molecule has 174 valence electrons. The summed E-state index contributed by atoms with van der Waals surface area (Å²) in [5.41, 5.74) is 0.320. The first-order chi connectivity index (χ1) is 15.9. The molecule has 0 saturated carbocycles. The van der Waals surface area contributed by atoms with Gasteiger partial charge in [0.25, 0.3) is 17.4 Å². The molecule has 1 heterocycles. The van der Waals surface area contributed by atoms with Gasteiger partial charge in [0.05, 0.1) is 23.1 Å². The molecule has 0 aromatic heterocycles. The van der Waals surface area contributed by atoms with E-state index in [0.29, 0.717) is 30.9 Å². The van der Waals surface area contributed by atoms with E-state index in [2.05, 4.69) is 0 Å². The molecule has 0 aliphatic carbocycles. The van der Waals surface area contributed by atoms with Gasteiger partial charge in [-0.05, 0) is 30.5 Å². The molecule has 1 aliphatic heterocycles. The minimum absolute atomic E-state index is 0.0856. The van der Waals surface area contributed by atoms with Crippen molar-refractivity contribution in [1.29, 1.82) is 0 Å². The summed E-state index contributed by atoms with van der Waals surface area (Å²) in [5.74, 6) is -1.48. The van der Waals surface area contributed by atoms with Gasteiger partial charge in [-0.15, -0.1) is 0 Å². The summed E-state index contributed by atoms with van der Waals surface area (Å²) in [6, 6.07) is 11.5. The Hall–Kier alpha value is -3.72. The van der Waals surface area contributed by atoms with E-state index in [1.165, 1.54) is 29.2 Å². The van der Waals surface area contributed by atoms with Gasteiger partial charge in [-0.1, -0.05) is 31.2 Å². The lowest BCUT2D eigenvalue weighted by molar-refractivity contribution is -0.384. The monoisotopic (exact) mass is 454 g/mol. The summed E-state index contributed by atoms with van der Waals surface area (Å²) in [6.45, 7) is 3.11. The number of nitrogens with zero attached hydrogens (tertiary/aromatic N) is 2. The van der Waals surface area contributed by atoms with E-state index in [1.807, 2.05) is 6.92 Å². The fourth-order valence-electron chi connectivity index (χ4n) is 3.75. The number of benzene rings is 2. The zero-order valence-corrected chi connectivity index (χ0v) is 18.5. The van der Waals surface area contributed by atoms with Crippen LogP contribution in [0.4, 0.5) is 5.69 Å². The third-order valence-electron chi connectivity index (χ3n) is 5.26. The molecule has 1 unspecified atom stereocenters. The highest BCUT2D eigenvalue weighted by molar-refractivity contribution is 6.46. The highest BCUT2D eigenvalue weighted by atomic mass is 16.6. The van der Waals surface area contributed by atoms with Crippen LogP contribution in [-0.2, 0) is 14.3 Å². The molecule has 2 aromatic rings. The Bertz CT molecular complexity index is 1080. The normalized spacial score (nSPS) is 17.4. The molecular formula is C24H26N2O7. The number of methoxy groups -OCH3 is 1. The van der Waals surface area contributed by atoms with Crippen molar-refractivity contribution in [3.8, 4) is 5.75 Å². The number of hydrogen-bond donors (Lipinski definition) is 1. The smallest absolute Gasteiger partial charge is 0.295 e. The predicted octanol–water partition coefficient (Wildman–Crippen LogP) is 3.84. The number of aliphatic hydroxyl groups excluding tert-OH is 1. The number of nitro groups is 1. The molecule has 1 atom stereocenters. The van der Waals surface area contributed by atoms with Gasteiger partial charge < -0.3 is 19.5 Å². The summed E-state index contributed by atoms with van der Waals surface area (Å²) in [5, 5.41) is 22.2. The van der Waals surface area contributed by atoms with Crippen molar-refractivity contribution in [2.45, 2.75) is 25.8 Å². The van der Waals surface area contributed by atoms with Crippen molar-refractivity contribution in [3.05, 3.63) is 75.3 Å². The number of ether oxygens (including phenoxy) is 2. The highest BCUT2D eigenvalue weighted by Gasteiger charge is 2.46. The van der Waals surface area contributed by atoms with E-state index in [-0.39, 0.29) is 23.4 Å². The fourth-order valence-corrected chi connectivity index (χ4v) is 3.75. The van der Waals surface area contributed by atoms with Gasteiger partial charge in [0.15, 0.2) is 0 Å². The number of hydrogen-bond acceptors (Lipinski definition) is 7. The summed E-state index contributed by atoms with van der Waals surface area (Å²) in [4.78, 5) is 37.9. The molecular weight excluding hydrogens is 428 g/mol. The van der Waals surface area contributed by atoms with Crippen molar-refractivity contribution in [2.24, 2.45) is 0 Å². The molecule has 9 heteroatoms. The molecule has 1 fully saturated rings. The number of aliphatic hydroxyl groups is 1. The lowest BCUT2D eigenvalue weighted by Crippen LogP contribution is -2.31. The molecule has 1 N–H and O–H groups in total. The molecule has 0 bridgehead atoms. The van der Waals surface area contributed by atoms with Crippen LogP contribution in [0.3, 0.4) is 0 Å². The summed E-state index contributed by atoms with van der Waals surface area (Å²) in [7, 11) is 1.54. The van der Waals surface area contributed by atoms with Crippen LogP contribution in [0.1, 0.15) is 36.9 Å². The molecule has 1 amide bonds. The van der Waals surface area contributed by atoms with Crippen LogP contribution in [0, 0.1) is 10.1 Å². The number of Topliss-reactive ketones (excluding diaryl/α,β-unsaturated/α-hetero) is 1. The molecule has 33 heavy (non-hydrogen) atoms. The van der Waals surface area contributed by atoms with Crippen LogP contribution < -0.4 is 4.74 Å². The zero-order valence-electron chi connectivity index (χ0n) is 18.5. The predicted molar refractivity (Wildman–Crippen MR) is 121 cm³/mol. The maximum absolute atomic E-state index is 13.0. The van der Waals surface area contributed by atoms with E-state index < -0.39 is 28.4 Å². The van der Waals surface area contributed by atoms with Crippen LogP contribution in [0.25, 0.3) is 5.76 Å². The molecule has 1 aliphatic rings. The molecule has 9 nitrogen and oxygen atoms in total. The lowest BCUT2D eigenvalue weighted by atomic mass is 9.95. The van der Waals surface area contributed by atoms with Crippen LogP contribution in [0.5, 0.6) is 5.75 Å². The SMILES string of the molecule is CCCOc1cccc(C2/C(=C(/O)c3cccc([N+](=O)[O-])c3)C(=O)C(=O)N2CCCOC)c1. The Labute approximate surface area is 191 Å². The number of carbonyl (C=O) groups is 2. The van der Waals surface area contributed by atoms with Crippen molar-refractivity contribution >= 4 is 23.1 Å². The lowest BCUT2D eigenvalue weighted by Gasteiger charge is -2.25. The number of amides is 1. The second-order valence-corrected chi connectivity index (χ2v) is 7.57. The number of rotatable bonds is 10. The summed E-state index contributed by atoms with van der Waals surface area (Å²) in [6.07, 6.45) is 1.30. The third kappa shape index (κ3) is 5.20. The number of likely N-dealkylation sites (tertiary alicyclic amines) is 1. The fraction of sp³-hybridized carbons (Fsp3) is 0.333. The number of ketones is 1. The topological polar surface area (TPSA) is 119 Å². The third-order valence-corrected chi connectivity index (χ3v) is 5.26. The maximum atomic E-state index is 13.0. The van der Waals surface area contributed by atoms with Gasteiger partial charge in [0, 0.05) is 38.0 Å². The van der Waals surface area contributed by atoms with Gasteiger partial charge in [0.1, 0.15) is 11.5 Å². The van der Waals surface area contributed by atoms with E-state index in [0.717, 1.165) is 6.42 Å². The Morgan fingerprint density at radius 2 is 1.91 bits per heavy atom. The molecule has 0 spiro atoms. The Kier molecular flexibility index (Phi) is 7.78.